The Hall–Kier alpha value is -3.22. The molecule has 2 aromatic carbocycles. The Morgan fingerprint density at radius 1 is 0.964 bits per heavy atom. The average molecular weight is 383 g/mol. The number of rotatable bonds is 8. The van der Waals surface area contributed by atoms with Crippen molar-refractivity contribution in [2.75, 3.05) is 19.5 Å². The van der Waals surface area contributed by atoms with Crippen LogP contribution in [0.1, 0.15) is 19.8 Å². The second-order valence-corrected chi connectivity index (χ2v) is 6.47. The highest BCUT2D eigenvalue weighted by Gasteiger charge is 2.13. The maximum Gasteiger partial charge on any atom is 0.329 e. The SMILES string of the molecule is CCCn1c(=O)n(CCC(=O)Nc2cc(OC)cc(OC)c2)c2ccccc21. The maximum atomic E-state index is 12.8. The van der Waals surface area contributed by atoms with Gasteiger partial charge in [0.2, 0.25) is 5.91 Å². The van der Waals surface area contributed by atoms with Crippen LogP contribution in [-0.2, 0) is 17.9 Å². The number of aryl methyl sites for hydroxylation is 2. The molecular formula is C21H25N3O4. The van der Waals surface area contributed by atoms with E-state index in [4.69, 9.17) is 9.47 Å². The first-order chi connectivity index (χ1) is 13.6. The van der Waals surface area contributed by atoms with Crippen molar-refractivity contribution in [1.82, 2.24) is 9.13 Å². The van der Waals surface area contributed by atoms with E-state index in [9.17, 15) is 9.59 Å². The molecule has 0 spiro atoms. The van der Waals surface area contributed by atoms with E-state index >= 15 is 0 Å². The third kappa shape index (κ3) is 4.03. The average Bonchev–Trinajstić information content (AvgIpc) is 2.97. The summed E-state index contributed by atoms with van der Waals surface area (Å²) in [5.74, 6) is 0.997. The zero-order chi connectivity index (χ0) is 20.1. The van der Waals surface area contributed by atoms with Crippen molar-refractivity contribution in [2.24, 2.45) is 0 Å². The number of hydrogen-bond acceptors (Lipinski definition) is 4. The summed E-state index contributed by atoms with van der Waals surface area (Å²) in [7, 11) is 3.11. The fraction of sp³-hybridized carbons (Fsp3) is 0.333. The number of imidazole rings is 1. The van der Waals surface area contributed by atoms with Crippen molar-refractivity contribution in [2.45, 2.75) is 32.9 Å². The highest BCUT2D eigenvalue weighted by atomic mass is 16.5. The van der Waals surface area contributed by atoms with Gasteiger partial charge < -0.3 is 14.8 Å². The van der Waals surface area contributed by atoms with Gasteiger partial charge in [0.05, 0.1) is 25.3 Å². The summed E-state index contributed by atoms with van der Waals surface area (Å²) in [5, 5.41) is 2.84. The van der Waals surface area contributed by atoms with E-state index in [1.807, 2.05) is 31.2 Å². The number of anilines is 1. The standard InChI is InChI=1S/C21H25N3O4/c1-4-10-23-18-7-5-6-8-19(18)24(21(23)26)11-9-20(25)22-15-12-16(27-2)14-17(13-15)28-3/h5-8,12-14H,4,9-11H2,1-3H3,(H,22,25). The first-order valence-electron chi connectivity index (χ1n) is 9.28. The van der Waals surface area contributed by atoms with E-state index in [0.29, 0.717) is 30.3 Å². The minimum Gasteiger partial charge on any atom is -0.497 e. The molecule has 0 aliphatic carbocycles. The van der Waals surface area contributed by atoms with Crippen LogP contribution in [0.5, 0.6) is 11.5 Å². The van der Waals surface area contributed by atoms with Crippen LogP contribution in [-0.4, -0.2) is 29.3 Å². The van der Waals surface area contributed by atoms with Crippen molar-refractivity contribution >= 4 is 22.6 Å². The van der Waals surface area contributed by atoms with Gasteiger partial charge in [0, 0.05) is 43.4 Å². The number of nitrogens with zero attached hydrogens (tertiary/aromatic N) is 2. The normalized spacial score (nSPS) is 10.8. The van der Waals surface area contributed by atoms with E-state index in [0.717, 1.165) is 17.5 Å². The molecule has 1 N–H and O–H groups in total. The maximum absolute atomic E-state index is 12.8. The van der Waals surface area contributed by atoms with Crippen molar-refractivity contribution < 1.29 is 14.3 Å². The molecule has 3 rings (SSSR count). The molecule has 7 heteroatoms. The van der Waals surface area contributed by atoms with Crippen molar-refractivity contribution in [3.05, 3.63) is 52.9 Å². The van der Waals surface area contributed by atoms with Crippen LogP contribution in [0, 0.1) is 0 Å². The Morgan fingerprint density at radius 2 is 1.54 bits per heavy atom. The third-order valence-electron chi connectivity index (χ3n) is 4.57. The molecule has 0 bridgehead atoms. The van der Waals surface area contributed by atoms with Gasteiger partial charge in [-0.05, 0) is 18.6 Å². The molecule has 1 amide bonds. The molecule has 28 heavy (non-hydrogen) atoms. The quantitative estimate of drug-likeness (QED) is 0.648. The molecule has 1 heterocycles. The molecule has 0 aliphatic rings. The van der Waals surface area contributed by atoms with Gasteiger partial charge in [-0.15, -0.1) is 0 Å². The number of aromatic nitrogens is 2. The number of ether oxygens (including phenoxy) is 2. The molecule has 148 valence electrons. The summed E-state index contributed by atoms with van der Waals surface area (Å²) >= 11 is 0. The first-order valence-corrected chi connectivity index (χ1v) is 9.28. The zero-order valence-electron chi connectivity index (χ0n) is 16.4. The smallest absolute Gasteiger partial charge is 0.329 e. The molecule has 0 unspecified atom stereocenters. The molecule has 7 nitrogen and oxygen atoms in total. The molecule has 3 aromatic rings. The molecule has 0 saturated heterocycles. The predicted octanol–water partition coefficient (Wildman–Crippen LogP) is 3.26. The number of carbonyl (C=O) groups excluding carboxylic acids is 1. The van der Waals surface area contributed by atoms with E-state index in [2.05, 4.69) is 5.32 Å². The fourth-order valence-corrected chi connectivity index (χ4v) is 3.24. The predicted molar refractivity (Wildman–Crippen MR) is 109 cm³/mol. The summed E-state index contributed by atoms with van der Waals surface area (Å²) in [4.78, 5) is 25.2. The fourth-order valence-electron chi connectivity index (χ4n) is 3.24. The lowest BCUT2D eigenvalue weighted by Crippen LogP contribution is -2.26. The molecule has 0 radical (unpaired) electrons. The van der Waals surface area contributed by atoms with E-state index < -0.39 is 0 Å². The van der Waals surface area contributed by atoms with E-state index in [-0.39, 0.29) is 18.0 Å². The van der Waals surface area contributed by atoms with Gasteiger partial charge in [0.15, 0.2) is 0 Å². The summed E-state index contributed by atoms with van der Waals surface area (Å²) in [6.45, 7) is 3.00. The van der Waals surface area contributed by atoms with Gasteiger partial charge in [-0.3, -0.25) is 13.9 Å². The first kappa shape index (κ1) is 19.5. The van der Waals surface area contributed by atoms with E-state index in [1.165, 1.54) is 0 Å². The Morgan fingerprint density at radius 3 is 2.07 bits per heavy atom. The summed E-state index contributed by atoms with van der Waals surface area (Å²) < 4.78 is 13.9. The molecule has 0 aliphatic heterocycles. The molecule has 1 aromatic heterocycles. The molecule has 0 saturated carbocycles. The van der Waals surface area contributed by atoms with Crippen LogP contribution >= 0.6 is 0 Å². The minimum absolute atomic E-state index is 0.0844. The van der Waals surface area contributed by atoms with Gasteiger partial charge in [0.25, 0.3) is 0 Å². The van der Waals surface area contributed by atoms with Gasteiger partial charge in [-0.25, -0.2) is 4.79 Å². The van der Waals surface area contributed by atoms with Crippen molar-refractivity contribution in [3.63, 3.8) is 0 Å². The lowest BCUT2D eigenvalue weighted by Gasteiger charge is -2.10. The van der Waals surface area contributed by atoms with Gasteiger partial charge in [-0.1, -0.05) is 19.1 Å². The van der Waals surface area contributed by atoms with Gasteiger partial charge >= 0.3 is 5.69 Å². The van der Waals surface area contributed by atoms with Crippen LogP contribution < -0.4 is 20.5 Å². The lowest BCUT2D eigenvalue weighted by molar-refractivity contribution is -0.116. The van der Waals surface area contributed by atoms with Crippen molar-refractivity contribution in [3.8, 4) is 11.5 Å². The highest BCUT2D eigenvalue weighted by Crippen LogP contribution is 2.25. The second kappa shape index (κ2) is 8.65. The van der Waals surface area contributed by atoms with Crippen LogP contribution in [0.4, 0.5) is 5.69 Å². The summed E-state index contributed by atoms with van der Waals surface area (Å²) in [6.07, 6.45) is 1.05. The highest BCUT2D eigenvalue weighted by molar-refractivity contribution is 5.91. The monoisotopic (exact) mass is 383 g/mol. The lowest BCUT2D eigenvalue weighted by atomic mass is 10.2. The van der Waals surface area contributed by atoms with Crippen LogP contribution in [0.15, 0.2) is 47.3 Å². The van der Waals surface area contributed by atoms with Gasteiger partial charge in [0.1, 0.15) is 11.5 Å². The number of methoxy groups -OCH3 is 2. The number of para-hydroxylation sites is 2. The molecule has 0 fully saturated rings. The van der Waals surface area contributed by atoms with Gasteiger partial charge in [-0.2, -0.15) is 0 Å². The number of amides is 1. The largest absolute Gasteiger partial charge is 0.497 e. The third-order valence-corrected chi connectivity index (χ3v) is 4.57. The van der Waals surface area contributed by atoms with Crippen LogP contribution in [0.2, 0.25) is 0 Å². The minimum atomic E-state index is -0.186. The van der Waals surface area contributed by atoms with Crippen LogP contribution in [0.3, 0.4) is 0 Å². The number of fused-ring (bicyclic) bond motifs is 1. The van der Waals surface area contributed by atoms with E-state index in [1.54, 1.807) is 41.6 Å². The Labute approximate surface area is 163 Å². The molecular weight excluding hydrogens is 358 g/mol. The summed E-state index contributed by atoms with van der Waals surface area (Å²) in [5.41, 5.74) is 2.24. The van der Waals surface area contributed by atoms with Crippen LogP contribution in [0.25, 0.3) is 11.0 Å². The zero-order valence-corrected chi connectivity index (χ0v) is 16.4. The topological polar surface area (TPSA) is 74.5 Å². The Balaban J connectivity index is 1.77. The number of carbonyl (C=O) groups is 1. The molecule has 0 atom stereocenters. The second-order valence-electron chi connectivity index (χ2n) is 6.47. The Bertz CT molecular complexity index is 1010. The number of hydrogen-bond donors (Lipinski definition) is 1. The number of nitrogens with one attached hydrogen (secondary N) is 1. The Kier molecular flexibility index (Phi) is 6.03. The number of benzene rings is 2. The van der Waals surface area contributed by atoms with Crippen molar-refractivity contribution in [1.29, 1.82) is 0 Å². The summed E-state index contributed by atoms with van der Waals surface area (Å²) in [6, 6.07) is 12.8.